The van der Waals surface area contributed by atoms with Crippen molar-refractivity contribution in [2.45, 2.75) is 24.9 Å². The van der Waals surface area contributed by atoms with Gasteiger partial charge in [-0.1, -0.05) is 0 Å². The lowest BCUT2D eigenvalue weighted by Gasteiger charge is -2.57. The van der Waals surface area contributed by atoms with Crippen molar-refractivity contribution in [1.29, 1.82) is 5.26 Å². The fourth-order valence-corrected chi connectivity index (χ4v) is 3.14. The van der Waals surface area contributed by atoms with Gasteiger partial charge in [-0.15, -0.1) is 0 Å². The number of hydrogen-bond acceptors (Lipinski definition) is 5. The third-order valence-electron chi connectivity index (χ3n) is 4.21. The molecule has 2 atom stereocenters. The molecule has 0 radical (unpaired) electrons. The SMILES string of the molecule is COCCC(=O)N1CC2CC(C1)N2c1ccc(C#N)cn1. The fraction of sp³-hybridized carbons (Fsp3) is 0.533. The molecule has 2 bridgehead atoms. The molecule has 0 saturated carbocycles. The Balaban J connectivity index is 1.63. The molecule has 0 aliphatic carbocycles. The number of nitriles is 1. The molecule has 110 valence electrons. The van der Waals surface area contributed by atoms with Crippen molar-refractivity contribution < 1.29 is 9.53 Å². The van der Waals surface area contributed by atoms with Gasteiger partial charge in [0.15, 0.2) is 0 Å². The number of piperazine rings is 1. The van der Waals surface area contributed by atoms with Gasteiger partial charge in [0, 0.05) is 26.4 Å². The van der Waals surface area contributed by atoms with Crippen LogP contribution in [0.15, 0.2) is 18.3 Å². The number of piperidine rings is 1. The summed E-state index contributed by atoms with van der Waals surface area (Å²) in [5.41, 5.74) is 0.570. The number of pyridine rings is 1. The van der Waals surface area contributed by atoms with Crippen LogP contribution in [-0.2, 0) is 9.53 Å². The highest BCUT2D eigenvalue weighted by Crippen LogP contribution is 2.36. The Morgan fingerprint density at radius 1 is 1.48 bits per heavy atom. The van der Waals surface area contributed by atoms with E-state index in [2.05, 4.69) is 16.0 Å². The molecule has 3 saturated heterocycles. The van der Waals surface area contributed by atoms with E-state index in [-0.39, 0.29) is 5.91 Å². The molecule has 3 aliphatic heterocycles. The van der Waals surface area contributed by atoms with Crippen molar-refractivity contribution in [2.24, 2.45) is 0 Å². The van der Waals surface area contributed by atoms with Crippen molar-refractivity contribution in [3.8, 4) is 6.07 Å². The van der Waals surface area contributed by atoms with Gasteiger partial charge in [0.1, 0.15) is 11.9 Å². The monoisotopic (exact) mass is 286 g/mol. The summed E-state index contributed by atoms with van der Waals surface area (Å²) in [6, 6.07) is 6.44. The maximum Gasteiger partial charge on any atom is 0.225 e. The number of carbonyl (C=O) groups is 1. The third kappa shape index (κ3) is 2.57. The number of amides is 1. The van der Waals surface area contributed by atoms with Crippen molar-refractivity contribution in [1.82, 2.24) is 9.88 Å². The van der Waals surface area contributed by atoms with Crippen molar-refractivity contribution in [2.75, 3.05) is 31.7 Å². The van der Waals surface area contributed by atoms with E-state index in [1.165, 1.54) is 0 Å². The Hall–Kier alpha value is -2.13. The Kier molecular flexibility index (Phi) is 3.76. The van der Waals surface area contributed by atoms with Crippen LogP contribution in [0.5, 0.6) is 0 Å². The average molecular weight is 286 g/mol. The molecular formula is C15H18N4O2. The highest BCUT2D eigenvalue weighted by atomic mass is 16.5. The van der Waals surface area contributed by atoms with Crippen LogP contribution in [0, 0.1) is 11.3 Å². The van der Waals surface area contributed by atoms with Gasteiger partial charge in [0.2, 0.25) is 5.91 Å². The minimum atomic E-state index is 0.166. The van der Waals surface area contributed by atoms with Gasteiger partial charge in [-0.2, -0.15) is 5.26 Å². The number of nitrogens with zero attached hydrogens (tertiary/aromatic N) is 4. The van der Waals surface area contributed by atoms with Crippen LogP contribution >= 0.6 is 0 Å². The van der Waals surface area contributed by atoms with Crippen LogP contribution in [0.4, 0.5) is 5.82 Å². The third-order valence-corrected chi connectivity index (χ3v) is 4.21. The Labute approximate surface area is 123 Å². The second-order valence-electron chi connectivity index (χ2n) is 5.51. The molecule has 6 nitrogen and oxygen atoms in total. The molecule has 0 aromatic carbocycles. The zero-order valence-corrected chi connectivity index (χ0v) is 12.0. The fourth-order valence-electron chi connectivity index (χ4n) is 3.14. The van der Waals surface area contributed by atoms with Crippen LogP contribution in [0.2, 0.25) is 0 Å². The Morgan fingerprint density at radius 3 is 2.81 bits per heavy atom. The van der Waals surface area contributed by atoms with Crippen LogP contribution in [-0.4, -0.2) is 54.7 Å². The number of fused-ring (bicyclic) bond motifs is 2. The highest BCUT2D eigenvalue weighted by Gasteiger charge is 2.46. The number of carbonyl (C=O) groups excluding carboxylic acids is 1. The van der Waals surface area contributed by atoms with Gasteiger partial charge >= 0.3 is 0 Å². The molecule has 4 rings (SSSR count). The van der Waals surface area contributed by atoms with Gasteiger partial charge in [0.05, 0.1) is 30.7 Å². The summed E-state index contributed by atoms with van der Waals surface area (Å²) in [5.74, 6) is 1.07. The van der Waals surface area contributed by atoms with E-state index in [0.29, 0.717) is 30.7 Å². The van der Waals surface area contributed by atoms with Gasteiger partial charge in [-0.05, 0) is 18.6 Å². The molecule has 1 aromatic heterocycles. The predicted molar refractivity (Wildman–Crippen MR) is 76.7 cm³/mol. The molecule has 4 heterocycles. The van der Waals surface area contributed by atoms with Crippen LogP contribution in [0.25, 0.3) is 0 Å². The quantitative estimate of drug-likeness (QED) is 0.818. The summed E-state index contributed by atoms with van der Waals surface area (Å²) in [6.07, 6.45) is 3.16. The summed E-state index contributed by atoms with van der Waals surface area (Å²) in [7, 11) is 1.61. The summed E-state index contributed by atoms with van der Waals surface area (Å²) >= 11 is 0. The molecule has 1 amide bonds. The van der Waals surface area contributed by atoms with E-state index in [1.807, 2.05) is 11.0 Å². The van der Waals surface area contributed by atoms with E-state index < -0.39 is 0 Å². The largest absolute Gasteiger partial charge is 0.384 e. The second kappa shape index (κ2) is 5.70. The first-order valence-electron chi connectivity index (χ1n) is 7.14. The van der Waals surface area contributed by atoms with E-state index >= 15 is 0 Å². The summed E-state index contributed by atoms with van der Waals surface area (Å²) in [5, 5.41) is 8.81. The summed E-state index contributed by atoms with van der Waals surface area (Å²) in [4.78, 5) is 20.6. The highest BCUT2D eigenvalue weighted by molar-refractivity contribution is 5.77. The van der Waals surface area contributed by atoms with Crippen LogP contribution in [0.1, 0.15) is 18.4 Å². The Bertz CT molecular complexity index is 554. The Morgan fingerprint density at radius 2 is 2.24 bits per heavy atom. The molecular weight excluding hydrogens is 268 g/mol. The topological polar surface area (TPSA) is 69.5 Å². The zero-order chi connectivity index (χ0) is 14.8. The lowest BCUT2D eigenvalue weighted by Crippen LogP contribution is -2.70. The first-order valence-corrected chi connectivity index (χ1v) is 7.14. The lowest BCUT2D eigenvalue weighted by molar-refractivity contribution is -0.135. The van der Waals surface area contributed by atoms with E-state index in [0.717, 1.165) is 25.3 Å². The van der Waals surface area contributed by atoms with Crippen LogP contribution < -0.4 is 4.90 Å². The standard InChI is InChI=1S/C15H18N4O2/c1-21-5-4-15(20)18-9-12-6-13(10-18)19(12)14-3-2-11(7-16)8-17-14/h2-3,8,12-13H,4-6,9-10H2,1H3. The van der Waals surface area contributed by atoms with Gasteiger partial charge in [-0.25, -0.2) is 4.98 Å². The predicted octanol–water partition coefficient (Wildman–Crippen LogP) is 0.779. The van der Waals surface area contributed by atoms with Crippen molar-refractivity contribution in [3.63, 3.8) is 0 Å². The van der Waals surface area contributed by atoms with Crippen molar-refractivity contribution in [3.05, 3.63) is 23.9 Å². The molecule has 0 spiro atoms. The summed E-state index contributed by atoms with van der Waals surface area (Å²) in [6.45, 7) is 1.98. The first kappa shape index (κ1) is 13.8. The first-order chi connectivity index (χ1) is 10.2. The summed E-state index contributed by atoms with van der Waals surface area (Å²) < 4.78 is 4.96. The molecule has 0 N–H and O–H groups in total. The maximum absolute atomic E-state index is 12.0. The van der Waals surface area contributed by atoms with Gasteiger partial charge in [0.25, 0.3) is 0 Å². The number of anilines is 1. The molecule has 3 fully saturated rings. The normalized spacial score (nSPS) is 23.4. The maximum atomic E-state index is 12.0. The number of ether oxygens (including phenoxy) is 1. The second-order valence-corrected chi connectivity index (χ2v) is 5.51. The average Bonchev–Trinajstić information content (AvgIpc) is 2.53. The van der Waals surface area contributed by atoms with Gasteiger partial charge < -0.3 is 14.5 Å². The lowest BCUT2D eigenvalue weighted by atomic mass is 9.87. The minimum Gasteiger partial charge on any atom is -0.384 e. The zero-order valence-electron chi connectivity index (χ0n) is 12.0. The molecule has 21 heavy (non-hydrogen) atoms. The molecule has 3 aliphatic rings. The molecule has 1 aromatic rings. The number of aromatic nitrogens is 1. The van der Waals surface area contributed by atoms with E-state index in [1.54, 1.807) is 19.4 Å². The van der Waals surface area contributed by atoms with E-state index in [9.17, 15) is 4.79 Å². The smallest absolute Gasteiger partial charge is 0.225 e. The number of rotatable bonds is 4. The van der Waals surface area contributed by atoms with Crippen molar-refractivity contribution >= 4 is 11.7 Å². The minimum absolute atomic E-state index is 0.166. The van der Waals surface area contributed by atoms with E-state index in [4.69, 9.17) is 10.00 Å². The molecule has 2 unspecified atom stereocenters. The molecule has 6 heteroatoms. The van der Waals surface area contributed by atoms with Crippen LogP contribution in [0.3, 0.4) is 0 Å². The number of methoxy groups -OCH3 is 1. The number of hydrogen-bond donors (Lipinski definition) is 0. The van der Waals surface area contributed by atoms with Gasteiger partial charge in [-0.3, -0.25) is 4.79 Å².